The van der Waals surface area contributed by atoms with Crippen molar-refractivity contribution in [1.29, 1.82) is 0 Å². The summed E-state index contributed by atoms with van der Waals surface area (Å²) < 4.78 is 1.29. The zero-order chi connectivity index (χ0) is 20.6. The minimum absolute atomic E-state index is 0.00794. The van der Waals surface area contributed by atoms with Gasteiger partial charge in [-0.2, -0.15) is 4.68 Å². The van der Waals surface area contributed by atoms with Gasteiger partial charge in [-0.1, -0.05) is 40.9 Å². The number of anilines is 1. The molecule has 1 N–H and O–H groups in total. The second-order valence-electron chi connectivity index (χ2n) is 5.47. The molecule has 28 heavy (non-hydrogen) atoms. The molecule has 0 aliphatic heterocycles. The number of carbonyl (C=O) groups excluding carboxylic acids is 1. The molecule has 0 aliphatic rings. The summed E-state index contributed by atoms with van der Waals surface area (Å²) in [6, 6.07) is 7.66. The Hall–Kier alpha value is -2.88. The van der Waals surface area contributed by atoms with Crippen molar-refractivity contribution >= 4 is 52.5 Å². The van der Waals surface area contributed by atoms with Crippen molar-refractivity contribution in [3.63, 3.8) is 0 Å². The Morgan fingerprint density at radius 2 is 1.68 bits per heavy atom. The molecule has 0 fully saturated rings. The van der Waals surface area contributed by atoms with Gasteiger partial charge >= 0.3 is 17.7 Å². The van der Waals surface area contributed by atoms with E-state index in [9.17, 15) is 14.4 Å². The first kappa shape index (κ1) is 19.9. The van der Waals surface area contributed by atoms with Gasteiger partial charge in [-0.05, 0) is 40.8 Å². The number of rotatable bonds is 3. The summed E-state index contributed by atoms with van der Waals surface area (Å²) in [4.78, 5) is 37.5. The molecule has 12 heteroatoms. The molecule has 1 aromatic heterocycles. The number of tetrazole rings is 1. The maximum atomic E-state index is 12.7. The standard InChI is InChI=1S/C16H10Cl3N5O4/c1-22(8-5-6-10(17)9(7-8)14(25)26)15(27)24-16(28)23(20-21-24)13-11(18)3-2-4-12(13)19/h2-7H,1H3,(H,25,26). The Labute approximate surface area is 172 Å². The number of nitrogens with zero attached hydrogens (tertiary/aromatic N) is 5. The van der Waals surface area contributed by atoms with Gasteiger partial charge in [0.05, 0.1) is 20.6 Å². The summed E-state index contributed by atoms with van der Waals surface area (Å²) in [7, 11) is 1.34. The molecule has 1 amide bonds. The Balaban J connectivity index is 2.01. The van der Waals surface area contributed by atoms with Crippen LogP contribution in [0.15, 0.2) is 41.2 Å². The van der Waals surface area contributed by atoms with Crippen LogP contribution in [0.5, 0.6) is 0 Å². The average molecular weight is 443 g/mol. The van der Waals surface area contributed by atoms with Crippen LogP contribution in [-0.2, 0) is 0 Å². The number of halogens is 3. The Morgan fingerprint density at radius 3 is 2.29 bits per heavy atom. The molecule has 1 heterocycles. The van der Waals surface area contributed by atoms with Crippen LogP contribution in [0.2, 0.25) is 15.1 Å². The van der Waals surface area contributed by atoms with Crippen LogP contribution in [0.1, 0.15) is 10.4 Å². The minimum atomic E-state index is -1.26. The van der Waals surface area contributed by atoms with E-state index in [1.165, 1.54) is 37.4 Å². The van der Waals surface area contributed by atoms with Crippen molar-refractivity contribution in [2.45, 2.75) is 0 Å². The summed E-state index contributed by atoms with van der Waals surface area (Å²) >= 11 is 17.9. The van der Waals surface area contributed by atoms with Crippen LogP contribution in [0.3, 0.4) is 0 Å². The third-order valence-electron chi connectivity index (χ3n) is 3.77. The highest BCUT2D eigenvalue weighted by atomic mass is 35.5. The number of aromatic nitrogens is 4. The maximum Gasteiger partial charge on any atom is 0.377 e. The van der Waals surface area contributed by atoms with Gasteiger partial charge in [0.2, 0.25) is 0 Å². The van der Waals surface area contributed by atoms with Crippen molar-refractivity contribution < 1.29 is 14.7 Å². The number of hydrogen-bond donors (Lipinski definition) is 1. The molecular weight excluding hydrogens is 433 g/mol. The number of aromatic carboxylic acids is 1. The molecule has 0 atom stereocenters. The predicted molar refractivity (Wildman–Crippen MR) is 103 cm³/mol. The van der Waals surface area contributed by atoms with E-state index in [0.29, 0.717) is 4.68 Å². The highest BCUT2D eigenvalue weighted by Crippen LogP contribution is 2.26. The summed E-state index contributed by atoms with van der Waals surface area (Å²) in [6.45, 7) is 0. The number of hydrogen-bond acceptors (Lipinski definition) is 5. The fraction of sp³-hybridized carbons (Fsp3) is 0.0625. The lowest BCUT2D eigenvalue weighted by Gasteiger charge is -2.16. The number of carboxylic acid groups (broad SMARTS) is 1. The summed E-state index contributed by atoms with van der Waals surface area (Å²) in [5.74, 6) is -1.26. The van der Waals surface area contributed by atoms with Crippen molar-refractivity contribution in [2.75, 3.05) is 11.9 Å². The lowest BCUT2D eigenvalue weighted by Crippen LogP contribution is -2.39. The Bertz CT molecular complexity index is 1140. The van der Waals surface area contributed by atoms with E-state index >= 15 is 0 Å². The first-order valence-electron chi connectivity index (χ1n) is 7.52. The minimum Gasteiger partial charge on any atom is -0.478 e. The molecule has 0 saturated heterocycles. The lowest BCUT2D eigenvalue weighted by atomic mass is 10.2. The molecule has 0 bridgehead atoms. The van der Waals surface area contributed by atoms with Crippen LogP contribution in [-0.4, -0.2) is 43.9 Å². The summed E-state index contributed by atoms with van der Waals surface area (Å²) in [5, 5.41) is 16.7. The highest BCUT2D eigenvalue weighted by molar-refractivity contribution is 6.37. The van der Waals surface area contributed by atoms with Crippen molar-refractivity contribution in [3.8, 4) is 5.69 Å². The van der Waals surface area contributed by atoms with E-state index in [0.717, 1.165) is 9.58 Å². The lowest BCUT2D eigenvalue weighted by molar-refractivity contribution is 0.0697. The van der Waals surface area contributed by atoms with Crippen molar-refractivity contribution in [2.24, 2.45) is 0 Å². The second kappa shape index (κ2) is 7.63. The van der Waals surface area contributed by atoms with E-state index < -0.39 is 17.7 Å². The monoisotopic (exact) mass is 441 g/mol. The molecule has 0 spiro atoms. The molecule has 3 rings (SSSR count). The molecule has 144 valence electrons. The smallest absolute Gasteiger partial charge is 0.377 e. The van der Waals surface area contributed by atoms with Crippen molar-refractivity contribution in [3.05, 3.63) is 67.5 Å². The topological polar surface area (TPSA) is 110 Å². The van der Waals surface area contributed by atoms with Crippen LogP contribution in [0, 0.1) is 0 Å². The van der Waals surface area contributed by atoms with E-state index in [-0.39, 0.29) is 32.0 Å². The predicted octanol–water partition coefficient (Wildman–Crippen LogP) is 3.19. The third kappa shape index (κ3) is 3.47. The molecule has 3 aromatic rings. The van der Waals surface area contributed by atoms with Gasteiger partial charge in [0, 0.05) is 12.7 Å². The Morgan fingerprint density at radius 1 is 1.04 bits per heavy atom. The normalized spacial score (nSPS) is 10.7. The van der Waals surface area contributed by atoms with Gasteiger partial charge in [-0.15, -0.1) is 4.68 Å². The largest absolute Gasteiger partial charge is 0.478 e. The molecule has 0 aliphatic carbocycles. The molecule has 0 unspecified atom stereocenters. The number of para-hydroxylation sites is 1. The number of benzene rings is 2. The number of carboxylic acids is 1. The van der Waals surface area contributed by atoms with E-state index in [4.69, 9.17) is 39.9 Å². The van der Waals surface area contributed by atoms with Gasteiger partial charge in [0.1, 0.15) is 5.69 Å². The maximum absolute atomic E-state index is 12.7. The van der Waals surface area contributed by atoms with Gasteiger partial charge in [-0.25, -0.2) is 14.4 Å². The van der Waals surface area contributed by atoms with E-state index in [2.05, 4.69) is 10.4 Å². The van der Waals surface area contributed by atoms with Gasteiger partial charge < -0.3 is 5.11 Å². The van der Waals surface area contributed by atoms with Crippen LogP contribution >= 0.6 is 34.8 Å². The number of carbonyl (C=O) groups is 2. The van der Waals surface area contributed by atoms with Gasteiger partial charge in [0.15, 0.2) is 0 Å². The van der Waals surface area contributed by atoms with E-state index in [1.54, 1.807) is 6.07 Å². The van der Waals surface area contributed by atoms with Crippen LogP contribution in [0.4, 0.5) is 10.5 Å². The fourth-order valence-electron chi connectivity index (χ4n) is 2.34. The molecule has 0 radical (unpaired) electrons. The zero-order valence-electron chi connectivity index (χ0n) is 14.0. The molecule has 9 nitrogen and oxygen atoms in total. The quantitative estimate of drug-likeness (QED) is 0.624. The highest BCUT2D eigenvalue weighted by Gasteiger charge is 2.23. The summed E-state index contributed by atoms with van der Waals surface area (Å²) in [5.41, 5.74) is -0.835. The Kier molecular flexibility index (Phi) is 5.41. The second-order valence-corrected chi connectivity index (χ2v) is 6.69. The van der Waals surface area contributed by atoms with Crippen LogP contribution < -0.4 is 10.6 Å². The SMILES string of the molecule is CN(C(=O)n1nnn(-c2c(Cl)cccc2Cl)c1=O)c1ccc(Cl)c(C(=O)O)c1. The third-order valence-corrected chi connectivity index (χ3v) is 4.71. The van der Waals surface area contributed by atoms with Gasteiger partial charge in [0.25, 0.3) is 0 Å². The average Bonchev–Trinajstić information content (AvgIpc) is 3.02. The van der Waals surface area contributed by atoms with Gasteiger partial charge in [-0.3, -0.25) is 4.90 Å². The first-order valence-corrected chi connectivity index (χ1v) is 8.66. The zero-order valence-corrected chi connectivity index (χ0v) is 16.3. The molecule has 2 aromatic carbocycles. The number of amides is 1. The first-order chi connectivity index (χ1) is 13.2. The molecular formula is C16H10Cl3N5O4. The van der Waals surface area contributed by atoms with E-state index in [1.807, 2.05) is 0 Å². The summed E-state index contributed by atoms with van der Waals surface area (Å²) in [6.07, 6.45) is 0. The fourth-order valence-corrected chi connectivity index (χ4v) is 3.09. The van der Waals surface area contributed by atoms with Crippen LogP contribution in [0.25, 0.3) is 5.69 Å². The molecule has 0 saturated carbocycles. The van der Waals surface area contributed by atoms with Crippen molar-refractivity contribution in [1.82, 2.24) is 19.8 Å².